The maximum absolute atomic E-state index is 11.6. The molecule has 1 fully saturated rings. The third-order valence-electron chi connectivity index (χ3n) is 2.67. The molecule has 0 aromatic carbocycles. The number of amides is 1. The zero-order chi connectivity index (χ0) is 10.7. The largest absolute Gasteiger partial charge is 0.459 e. The molecule has 0 saturated carbocycles. The zero-order valence-corrected chi connectivity index (χ0v) is 9.60. The van der Waals surface area contributed by atoms with Crippen LogP contribution in [0.4, 0.5) is 0 Å². The van der Waals surface area contributed by atoms with Gasteiger partial charge in [-0.05, 0) is 37.7 Å². The highest BCUT2D eigenvalue weighted by atomic mass is 32.2. The summed E-state index contributed by atoms with van der Waals surface area (Å²) in [5.74, 6) is 1.47. The molecular weight excluding hydrogens is 210 g/mol. The molecule has 15 heavy (non-hydrogen) atoms. The van der Waals surface area contributed by atoms with E-state index in [9.17, 15) is 4.79 Å². The smallest absolute Gasteiger partial charge is 0.287 e. The Kier molecular flexibility index (Phi) is 3.05. The van der Waals surface area contributed by atoms with Crippen molar-refractivity contribution in [2.75, 3.05) is 12.3 Å². The molecule has 0 bridgehead atoms. The van der Waals surface area contributed by atoms with Gasteiger partial charge < -0.3 is 9.73 Å². The average Bonchev–Trinajstić information content (AvgIpc) is 2.85. The molecule has 1 unspecified atom stereocenters. The van der Waals surface area contributed by atoms with Gasteiger partial charge in [0.2, 0.25) is 0 Å². The number of hydrogen-bond donors (Lipinski definition) is 1. The van der Waals surface area contributed by atoms with E-state index in [1.54, 1.807) is 12.1 Å². The third kappa shape index (κ3) is 2.56. The van der Waals surface area contributed by atoms with Crippen LogP contribution in [0.3, 0.4) is 0 Å². The van der Waals surface area contributed by atoms with E-state index in [0.717, 1.165) is 6.54 Å². The van der Waals surface area contributed by atoms with Gasteiger partial charge in [0, 0.05) is 11.3 Å². The van der Waals surface area contributed by atoms with Crippen LogP contribution in [0.1, 0.15) is 30.3 Å². The lowest BCUT2D eigenvalue weighted by Crippen LogP contribution is -2.36. The van der Waals surface area contributed by atoms with Crippen LogP contribution >= 0.6 is 11.8 Å². The van der Waals surface area contributed by atoms with Crippen LogP contribution in [-0.4, -0.2) is 23.0 Å². The molecule has 1 aliphatic heterocycles. The third-order valence-corrected chi connectivity index (χ3v) is 4.21. The molecule has 2 heterocycles. The van der Waals surface area contributed by atoms with Gasteiger partial charge in [0.15, 0.2) is 5.76 Å². The molecule has 1 N–H and O–H groups in total. The van der Waals surface area contributed by atoms with Crippen molar-refractivity contribution < 1.29 is 9.21 Å². The van der Waals surface area contributed by atoms with E-state index in [1.807, 2.05) is 11.8 Å². The molecule has 1 aromatic rings. The fourth-order valence-electron chi connectivity index (χ4n) is 1.74. The summed E-state index contributed by atoms with van der Waals surface area (Å²) in [5, 5.41) is 2.91. The first-order valence-corrected chi connectivity index (χ1v) is 6.14. The minimum absolute atomic E-state index is 0.117. The summed E-state index contributed by atoms with van der Waals surface area (Å²) in [6, 6.07) is 3.40. The van der Waals surface area contributed by atoms with Crippen molar-refractivity contribution in [3.05, 3.63) is 24.2 Å². The van der Waals surface area contributed by atoms with Gasteiger partial charge in [-0.25, -0.2) is 0 Å². The summed E-state index contributed by atoms with van der Waals surface area (Å²) in [4.78, 5) is 11.6. The van der Waals surface area contributed by atoms with Gasteiger partial charge in [-0.3, -0.25) is 4.79 Å². The number of rotatable bonds is 3. The molecule has 1 amide bonds. The number of nitrogens with one attached hydrogen (secondary N) is 1. The Morgan fingerprint density at radius 3 is 3.20 bits per heavy atom. The van der Waals surface area contributed by atoms with Gasteiger partial charge in [-0.15, -0.1) is 0 Å². The second-order valence-electron chi connectivity index (χ2n) is 4.06. The van der Waals surface area contributed by atoms with Crippen molar-refractivity contribution >= 4 is 17.7 Å². The van der Waals surface area contributed by atoms with E-state index in [2.05, 4.69) is 12.2 Å². The van der Waals surface area contributed by atoms with E-state index >= 15 is 0 Å². The van der Waals surface area contributed by atoms with Crippen molar-refractivity contribution in [2.24, 2.45) is 0 Å². The Bertz CT molecular complexity index is 328. The molecule has 0 spiro atoms. The Hall–Kier alpha value is -0.900. The van der Waals surface area contributed by atoms with E-state index in [0.29, 0.717) is 5.76 Å². The molecule has 4 heteroatoms. The quantitative estimate of drug-likeness (QED) is 0.858. The summed E-state index contributed by atoms with van der Waals surface area (Å²) in [6.45, 7) is 2.92. The molecule has 0 aliphatic carbocycles. The van der Waals surface area contributed by atoms with Crippen molar-refractivity contribution in [3.63, 3.8) is 0 Å². The molecule has 1 atom stereocenters. The first-order valence-electron chi connectivity index (χ1n) is 5.15. The van der Waals surface area contributed by atoms with E-state index in [1.165, 1.54) is 24.9 Å². The average molecular weight is 225 g/mol. The second kappa shape index (κ2) is 4.31. The normalized spacial score (nSPS) is 25.4. The van der Waals surface area contributed by atoms with Crippen LogP contribution < -0.4 is 5.32 Å². The molecule has 82 valence electrons. The van der Waals surface area contributed by atoms with Gasteiger partial charge >= 0.3 is 0 Å². The molecule has 2 rings (SSSR count). The number of carbonyl (C=O) groups is 1. The summed E-state index contributed by atoms with van der Waals surface area (Å²) < 4.78 is 5.24. The van der Waals surface area contributed by atoms with Gasteiger partial charge in [0.25, 0.3) is 5.91 Å². The molecule has 0 radical (unpaired) electrons. The second-order valence-corrected chi connectivity index (χ2v) is 5.74. The monoisotopic (exact) mass is 225 g/mol. The van der Waals surface area contributed by atoms with E-state index < -0.39 is 0 Å². The summed E-state index contributed by atoms with van der Waals surface area (Å²) >= 11 is 1.94. The van der Waals surface area contributed by atoms with Crippen molar-refractivity contribution in [1.29, 1.82) is 0 Å². The van der Waals surface area contributed by atoms with Crippen LogP contribution in [0.5, 0.6) is 0 Å². The van der Waals surface area contributed by atoms with Crippen molar-refractivity contribution in [1.82, 2.24) is 5.32 Å². The highest BCUT2D eigenvalue weighted by Gasteiger charge is 2.29. The first kappa shape index (κ1) is 10.6. The molecule has 1 aliphatic rings. The Labute approximate surface area is 93.6 Å². The maximum atomic E-state index is 11.6. The van der Waals surface area contributed by atoms with Gasteiger partial charge in [0.1, 0.15) is 0 Å². The molecule has 3 nitrogen and oxygen atoms in total. The van der Waals surface area contributed by atoms with Crippen LogP contribution in [-0.2, 0) is 0 Å². The number of thioether (sulfide) groups is 1. The first-order chi connectivity index (χ1) is 7.20. The number of carbonyl (C=O) groups excluding carboxylic acids is 1. The number of furan rings is 1. The van der Waals surface area contributed by atoms with Crippen LogP contribution in [0, 0.1) is 0 Å². The summed E-state index contributed by atoms with van der Waals surface area (Å²) in [7, 11) is 0. The predicted octanol–water partition coefficient (Wildman–Crippen LogP) is 2.30. The lowest BCUT2D eigenvalue weighted by atomic mass is 10.1. The lowest BCUT2D eigenvalue weighted by molar-refractivity contribution is 0.0922. The van der Waals surface area contributed by atoms with Gasteiger partial charge in [0.05, 0.1) is 6.26 Å². The lowest BCUT2D eigenvalue weighted by Gasteiger charge is -2.22. The highest BCUT2D eigenvalue weighted by molar-refractivity contribution is 8.00. The number of hydrogen-bond acceptors (Lipinski definition) is 3. The maximum Gasteiger partial charge on any atom is 0.287 e. The minimum Gasteiger partial charge on any atom is -0.459 e. The van der Waals surface area contributed by atoms with Crippen LogP contribution in [0.25, 0.3) is 0 Å². The topological polar surface area (TPSA) is 42.2 Å². The predicted molar refractivity (Wildman–Crippen MR) is 61.1 cm³/mol. The standard InChI is InChI=1S/C11H15NO2S/c1-11(5-3-7-15-11)8-12-10(13)9-4-2-6-14-9/h2,4,6H,3,5,7-8H2,1H3,(H,12,13). The molecule has 1 aromatic heterocycles. The summed E-state index contributed by atoms with van der Waals surface area (Å²) in [6.07, 6.45) is 3.94. The fourth-order valence-corrected chi connectivity index (χ4v) is 2.98. The molecular formula is C11H15NO2S. The van der Waals surface area contributed by atoms with E-state index in [4.69, 9.17) is 4.42 Å². The molecule has 1 saturated heterocycles. The Balaban J connectivity index is 1.85. The Morgan fingerprint density at radius 2 is 2.60 bits per heavy atom. The minimum atomic E-state index is -0.117. The van der Waals surface area contributed by atoms with Crippen molar-refractivity contribution in [3.8, 4) is 0 Å². The summed E-state index contributed by atoms with van der Waals surface area (Å²) in [5.41, 5.74) is 0. The van der Waals surface area contributed by atoms with E-state index in [-0.39, 0.29) is 10.7 Å². The van der Waals surface area contributed by atoms with Gasteiger partial charge in [-0.1, -0.05) is 0 Å². The van der Waals surface area contributed by atoms with Crippen molar-refractivity contribution in [2.45, 2.75) is 24.5 Å². The van der Waals surface area contributed by atoms with Crippen LogP contribution in [0.2, 0.25) is 0 Å². The van der Waals surface area contributed by atoms with Crippen LogP contribution in [0.15, 0.2) is 22.8 Å². The Morgan fingerprint density at radius 1 is 1.73 bits per heavy atom. The highest BCUT2D eigenvalue weighted by Crippen LogP contribution is 2.36. The SMILES string of the molecule is CC1(CNC(=O)c2ccco2)CCCS1. The zero-order valence-electron chi connectivity index (χ0n) is 8.79. The van der Waals surface area contributed by atoms with Gasteiger partial charge in [-0.2, -0.15) is 11.8 Å². The fraction of sp³-hybridized carbons (Fsp3) is 0.545.